The smallest absolute Gasteiger partial charge is 0.0650 e. The predicted octanol–water partition coefficient (Wildman–Crippen LogP) is 7.04. The van der Waals surface area contributed by atoms with Crippen molar-refractivity contribution in [3.63, 3.8) is 0 Å². The molecule has 0 aromatic rings. The number of fused-ring (bicyclic) bond motifs is 5. The number of aliphatic hydroxyl groups excluding tert-OH is 1. The standard InChI is InChI=1S/C26H42O2.C2H6/c1-24-14-11-23-21(8-6-19-17-20(27)10-13-25(19,23)2)22(24)9-7-18(24)5-3-4-12-26(28)15-16-26;1-2/h6,18,20-23,27-28H,3-5,7-17H2,1-2H3;1-2H3. The molecule has 2 nitrogen and oxygen atoms in total. The fraction of sp³-hybridized carbons (Fsp3) is 0.929. The van der Waals surface area contributed by atoms with Gasteiger partial charge in [0, 0.05) is 0 Å². The van der Waals surface area contributed by atoms with Crippen LogP contribution in [0.3, 0.4) is 0 Å². The van der Waals surface area contributed by atoms with Crippen LogP contribution in [0.25, 0.3) is 0 Å². The molecule has 5 rings (SSSR count). The van der Waals surface area contributed by atoms with E-state index >= 15 is 0 Å². The highest BCUT2D eigenvalue weighted by atomic mass is 16.3. The van der Waals surface area contributed by atoms with Crippen molar-refractivity contribution in [2.45, 2.75) is 129 Å². The van der Waals surface area contributed by atoms with Crippen LogP contribution in [0.15, 0.2) is 11.6 Å². The van der Waals surface area contributed by atoms with Crippen molar-refractivity contribution in [2.24, 2.45) is 34.5 Å². The van der Waals surface area contributed by atoms with E-state index in [2.05, 4.69) is 19.9 Å². The molecule has 0 aliphatic heterocycles. The molecule has 0 heterocycles. The van der Waals surface area contributed by atoms with Crippen molar-refractivity contribution >= 4 is 0 Å². The third-order valence-corrected chi connectivity index (χ3v) is 10.5. The monoisotopic (exact) mass is 416 g/mol. The van der Waals surface area contributed by atoms with E-state index in [1.165, 1.54) is 57.8 Å². The summed E-state index contributed by atoms with van der Waals surface area (Å²) in [4.78, 5) is 0. The van der Waals surface area contributed by atoms with Crippen molar-refractivity contribution < 1.29 is 10.2 Å². The van der Waals surface area contributed by atoms with Crippen LogP contribution in [0.1, 0.15) is 118 Å². The van der Waals surface area contributed by atoms with Crippen molar-refractivity contribution in [3.05, 3.63) is 11.6 Å². The van der Waals surface area contributed by atoms with Crippen molar-refractivity contribution in [1.29, 1.82) is 0 Å². The van der Waals surface area contributed by atoms with E-state index in [4.69, 9.17) is 0 Å². The van der Waals surface area contributed by atoms with Gasteiger partial charge in [-0.25, -0.2) is 0 Å². The summed E-state index contributed by atoms with van der Waals surface area (Å²) in [6.45, 7) is 9.19. The van der Waals surface area contributed by atoms with Crippen LogP contribution in [0.5, 0.6) is 0 Å². The van der Waals surface area contributed by atoms with Gasteiger partial charge in [-0.2, -0.15) is 0 Å². The van der Waals surface area contributed by atoms with Gasteiger partial charge in [-0.1, -0.05) is 52.2 Å². The van der Waals surface area contributed by atoms with Crippen molar-refractivity contribution in [2.75, 3.05) is 0 Å². The fourth-order valence-corrected chi connectivity index (χ4v) is 8.46. The van der Waals surface area contributed by atoms with E-state index in [1.807, 2.05) is 13.8 Å². The second-order valence-corrected chi connectivity index (χ2v) is 11.9. The quantitative estimate of drug-likeness (QED) is 0.373. The summed E-state index contributed by atoms with van der Waals surface area (Å²) in [6.07, 6.45) is 19.7. The zero-order valence-electron chi connectivity index (χ0n) is 20.3. The van der Waals surface area contributed by atoms with E-state index < -0.39 is 0 Å². The lowest BCUT2D eigenvalue weighted by Gasteiger charge is -2.58. The van der Waals surface area contributed by atoms with E-state index in [1.54, 1.807) is 5.57 Å². The lowest BCUT2D eigenvalue weighted by molar-refractivity contribution is -0.0509. The maximum atomic E-state index is 10.2. The summed E-state index contributed by atoms with van der Waals surface area (Å²) >= 11 is 0. The zero-order chi connectivity index (χ0) is 21.6. The molecule has 0 bridgehead atoms. The average Bonchev–Trinajstić information content (AvgIpc) is 3.37. The van der Waals surface area contributed by atoms with E-state index in [-0.39, 0.29) is 11.7 Å². The van der Waals surface area contributed by atoms with E-state index in [0.717, 1.165) is 55.8 Å². The highest BCUT2D eigenvalue weighted by molar-refractivity contribution is 5.25. The molecule has 7 unspecified atom stereocenters. The molecular weight excluding hydrogens is 368 g/mol. The minimum atomic E-state index is -0.255. The van der Waals surface area contributed by atoms with Gasteiger partial charge in [-0.05, 0) is 112 Å². The maximum absolute atomic E-state index is 10.2. The first-order valence-electron chi connectivity index (χ1n) is 13.4. The number of aliphatic hydroxyl groups is 2. The van der Waals surface area contributed by atoms with Gasteiger partial charge in [-0.15, -0.1) is 0 Å². The molecule has 0 aromatic carbocycles. The summed E-state index contributed by atoms with van der Waals surface area (Å²) in [5, 5.41) is 20.3. The number of allylic oxidation sites excluding steroid dienone is 1. The number of hydrogen-bond acceptors (Lipinski definition) is 2. The number of unbranched alkanes of at least 4 members (excludes halogenated alkanes) is 1. The average molecular weight is 417 g/mol. The topological polar surface area (TPSA) is 40.5 Å². The fourth-order valence-electron chi connectivity index (χ4n) is 8.46. The predicted molar refractivity (Wildman–Crippen MR) is 125 cm³/mol. The molecule has 2 N–H and O–H groups in total. The summed E-state index contributed by atoms with van der Waals surface area (Å²) in [5.74, 6) is 3.59. The number of rotatable bonds is 5. The van der Waals surface area contributed by atoms with Gasteiger partial charge in [0.1, 0.15) is 0 Å². The largest absolute Gasteiger partial charge is 0.393 e. The molecular formula is C28H48O2. The summed E-state index contributed by atoms with van der Waals surface area (Å²) in [6, 6.07) is 0. The van der Waals surface area contributed by atoms with Crippen LogP contribution < -0.4 is 0 Å². The molecule has 4 fully saturated rings. The minimum absolute atomic E-state index is 0.0886. The lowest BCUT2D eigenvalue weighted by atomic mass is 9.47. The Balaban J connectivity index is 0.00000106. The molecule has 5 aliphatic rings. The van der Waals surface area contributed by atoms with Crippen LogP contribution in [0.2, 0.25) is 0 Å². The summed E-state index contributed by atoms with van der Waals surface area (Å²) in [7, 11) is 0. The first kappa shape index (κ1) is 22.8. The van der Waals surface area contributed by atoms with Gasteiger partial charge in [0.05, 0.1) is 11.7 Å². The molecule has 2 heteroatoms. The highest BCUT2D eigenvalue weighted by Crippen LogP contribution is 2.66. The van der Waals surface area contributed by atoms with Crippen LogP contribution >= 0.6 is 0 Å². The molecule has 4 saturated carbocycles. The molecule has 0 saturated heterocycles. The van der Waals surface area contributed by atoms with Gasteiger partial charge in [-0.3, -0.25) is 0 Å². The molecule has 7 atom stereocenters. The molecule has 0 spiro atoms. The molecule has 5 aliphatic carbocycles. The minimum Gasteiger partial charge on any atom is -0.393 e. The molecule has 0 radical (unpaired) electrons. The van der Waals surface area contributed by atoms with Crippen LogP contribution in [-0.4, -0.2) is 21.9 Å². The second kappa shape index (κ2) is 8.54. The van der Waals surface area contributed by atoms with Crippen LogP contribution in [0.4, 0.5) is 0 Å². The second-order valence-electron chi connectivity index (χ2n) is 11.9. The van der Waals surface area contributed by atoms with Gasteiger partial charge in [0.15, 0.2) is 0 Å². The van der Waals surface area contributed by atoms with Gasteiger partial charge < -0.3 is 10.2 Å². The normalized spacial score (nSPS) is 45.9. The Bertz CT molecular complexity index is 635. The lowest BCUT2D eigenvalue weighted by Crippen LogP contribution is -2.50. The summed E-state index contributed by atoms with van der Waals surface area (Å²) in [5.41, 5.74) is 2.29. The highest BCUT2D eigenvalue weighted by Gasteiger charge is 2.58. The zero-order valence-corrected chi connectivity index (χ0v) is 20.3. The molecule has 0 aromatic heterocycles. The van der Waals surface area contributed by atoms with Crippen molar-refractivity contribution in [1.82, 2.24) is 0 Å². The third kappa shape index (κ3) is 3.94. The van der Waals surface area contributed by atoms with Crippen LogP contribution in [0, 0.1) is 34.5 Å². The Labute approximate surface area is 185 Å². The first-order valence-corrected chi connectivity index (χ1v) is 13.4. The van der Waals surface area contributed by atoms with Crippen molar-refractivity contribution in [3.8, 4) is 0 Å². The van der Waals surface area contributed by atoms with Gasteiger partial charge >= 0.3 is 0 Å². The Morgan fingerprint density at radius 2 is 1.70 bits per heavy atom. The molecule has 0 amide bonds. The Hall–Kier alpha value is -0.340. The Morgan fingerprint density at radius 3 is 2.43 bits per heavy atom. The Morgan fingerprint density at radius 1 is 0.933 bits per heavy atom. The third-order valence-electron chi connectivity index (χ3n) is 10.5. The maximum Gasteiger partial charge on any atom is 0.0650 e. The Kier molecular flexibility index (Phi) is 6.50. The van der Waals surface area contributed by atoms with Crippen LogP contribution in [-0.2, 0) is 0 Å². The SMILES string of the molecule is CC.CC12CCC(O)CC1=CCC1C2CCC2(C)C(CCCCC3(O)CC3)CCC12. The summed E-state index contributed by atoms with van der Waals surface area (Å²) < 4.78 is 0. The van der Waals surface area contributed by atoms with Gasteiger partial charge in [0.2, 0.25) is 0 Å². The molecule has 30 heavy (non-hydrogen) atoms. The van der Waals surface area contributed by atoms with E-state index in [9.17, 15) is 10.2 Å². The van der Waals surface area contributed by atoms with E-state index in [0.29, 0.717) is 10.8 Å². The van der Waals surface area contributed by atoms with Gasteiger partial charge in [0.25, 0.3) is 0 Å². The molecule has 172 valence electrons. The number of hydrogen-bond donors (Lipinski definition) is 2. The first-order chi connectivity index (χ1) is 14.3.